The maximum atomic E-state index is 14.3. The number of benzene rings is 1. The van der Waals surface area contributed by atoms with Gasteiger partial charge in [-0.2, -0.15) is 0 Å². The Hall–Kier alpha value is -2.47. The number of fused-ring (bicyclic) bond motifs is 1. The van der Waals surface area contributed by atoms with Crippen LogP contribution < -0.4 is 4.90 Å². The Balaban J connectivity index is 1.71. The van der Waals surface area contributed by atoms with Gasteiger partial charge in [-0.3, -0.25) is 0 Å². The lowest BCUT2D eigenvalue weighted by molar-refractivity contribution is 0.140. The van der Waals surface area contributed by atoms with E-state index in [9.17, 15) is 4.39 Å². The largest absolute Gasteiger partial charge is 0.380 e. The van der Waals surface area contributed by atoms with Crippen molar-refractivity contribution in [2.45, 2.75) is 39.3 Å². The molecular weight excluding hydrogens is 343 g/mol. The highest BCUT2D eigenvalue weighted by Gasteiger charge is 2.22. The third-order valence-electron chi connectivity index (χ3n) is 5.25. The smallest absolute Gasteiger partial charge is 0.151 e. The first-order chi connectivity index (χ1) is 13.2. The second-order valence-corrected chi connectivity index (χ2v) is 6.98. The number of pyridine rings is 1. The number of anilines is 1. The Morgan fingerprint density at radius 3 is 2.85 bits per heavy atom. The lowest BCUT2D eigenvalue weighted by Crippen LogP contribution is -2.26. The Morgan fingerprint density at radius 2 is 2.15 bits per heavy atom. The Kier molecular flexibility index (Phi) is 5.07. The molecule has 1 fully saturated rings. The minimum absolute atomic E-state index is 0.306. The van der Waals surface area contributed by atoms with Crippen molar-refractivity contribution in [3.8, 4) is 11.4 Å². The van der Waals surface area contributed by atoms with E-state index in [1.54, 1.807) is 6.07 Å². The first-order valence-corrected chi connectivity index (χ1v) is 9.64. The zero-order valence-electron chi connectivity index (χ0n) is 15.9. The summed E-state index contributed by atoms with van der Waals surface area (Å²) in [6.07, 6.45) is 4.25. The molecule has 3 heterocycles. The second-order valence-electron chi connectivity index (χ2n) is 6.98. The van der Waals surface area contributed by atoms with Gasteiger partial charge < -0.3 is 14.2 Å². The molecule has 142 valence electrons. The standard InChI is InChI=1S/C21H25FN4O/c1-3-27-13-12-26-18-8-4-7-17(22)20(18)24-21(26)16-9-10-19(23-14-16)25-11-5-6-15(25)2/h4,7-10,14-15H,3,5-6,11-13H2,1-2H3/t15-/m0/s1. The van der Waals surface area contributed by atoms with Crippen LogP contribution in [0.25, 0.3) is 22.4 Å². The Bertz CT molecular complexity index is 922. The lowest BCUT2D eigenvalue weighted by atomic mass is 10.2. The molecule has 1 aromatic carbocycles. The Morgan fingerprint density at radius 1 is 1.26 bits per heavy atom. The molecule has 0 aliphatic carbocycles. The van der Waals surface area contributed by atoms with Crippen LogP contribution in [0.4, 0.5) is 10.2 Å². The summed E-state index contributed by atoms with van der Waals surface area (Å²) < 4.78 is 21.8. The molecule has 0 radical (unpaired) electrons. The van der Waals surface area contributed by atoms with Gasteiger partial charge in [0.1, 0.15) is 17.2 Å². The van der Waals surface area contributed by atoms with E-state index in [2.05, 4.69) is 21.8 Å². The van der Waals surface area contributed by atoms with Crippen LogP contribution in [0.1, 0.15) is 26.7 Å². The molecule has 0 bridgehead atoms. The van der Waals surface area contributed by atoms with Gasteiger partial charge in [0.25, 0.3) is 0 Å². The highest BCUT2D eigenvalue weighted by Crippen LogP contribution is 2.28. The van der Waals surface area contributed by atoms with Gasteiger partial charge >= 0.3 is 0 Å². The number of imidazole rings is 1. The fraction of sp³-hybridized carbons (Fsp3) is 0.429. The molecule has 0 amide bonds. The molecule has 0 N–H and O–H groups in total. The zero-order chi connectivity index (χ0) is 18.8. The third-order valence-corrected chi connectivity index (χ3v) is 5.25. The van der Waals surface area contributed by atoms with Crippen molar-refractivity contribution in [3.63, 3.8) is 0 Å². The molecule has 1 aliphatic rings. The molecule has 0 saturated carbocycles. The molecule has 0 spiro atoms. The average Bonchev–Trinajstić information content (AvgIpc) is 3.27. The maximum absolute atomic E-state index is 14.3. The number of aromatic nitrogens is 3. The summed E-state index contributed by atoms with van der Waals surface area (Å²) in [4.78, 5) is 11.6. The van der Waals surface area contributed by atoms with Gasteiger partial charge in [-0.05, 0) is 51.0 Å². The van der Waals surface area contributed by atoms with Crippen LogP contribution in [0.15, 0.2) is 36.5 Å². The van der Waals surface area contributed by atoms with Crippen LogP contribution in [-0.4, -0.2) is 40.3 Å². The average molecular weight is 368 g/mol. The SMILES string of the molecule is CCOCCn1c(-c2ccc(N3CCC[C@@H]3C)nc2)nc2c(F)cccc21. The van der Waals surface area contributed by atoms with Gasteiger partial charge in [0, 0.05) is 37.5 Å². The summed E-state index contributed by atoms with van der Waals surface area (Å²) in [5.74, 6) is 1.41. The molecule has 0 unspecified atom stereocenters. The van der Waals surface area contributed by atoms with Gasteiger partial charge in [-0.25, -0.2) is 14.4 Å². The predicted octanol–water partition coefficient (Wildman–Crippen LogP) is 4.26. The Labute approximate surface area is 158 Å². The van der Waals surface area contributed by atoms with Crippen molar-refractivity contribution in [2.24, 2.45) is 0 Å². The summed E-state index contributed by atoms with van der Waals surface area (Å²) in [6.45, 7) is 7.08. The lowest BCUT2D eigenvalue weighted by Gasteiger charge is -2.22. The van der Waals surface area contributed by atoms with E-state index in [0.717, 1.165) is 29.3 Å². The molecule has 1 atom stereocenters. The third kappa shape index (κ3) is 3.41. The van der Waals surface area contributed by atoms with Crippen LogP contribution in [0, 0.1) is 5.82 Å². The summed E-state index contributed by atoms with van der Waals surface area (Å²) in [5.41, 5.74) is 2.06. The van der Waals surface area contributed by atoms with Crippen molar-refractivity contribution in [3.05, 3.63) is 42.3 Å². The van der Waals surface area contributed by atoms with Crippen LogP contribution in [0.2, 0.25) is 0 Å². The fourth-order valence-corrected chi connectivity index (χ4v) is 3.82. The number of para-hydroxylation sites is 1. The monoisotopic (exact) mass is 368 g/mol. The van der Waals surface area contributed by atoms with E-state index < -0.39 is 0 Å². The summed E-state index contributed by atoms with van der Waals surface area (Å²) in [7, 11) is 0. The second kappa shape index (κ2) is 7.64. The molecule has 3 aromatic rings. The number of halogens is 1. The van der Waals surface area contributed by atoms with E-state index in [1.165, 1.54) is 18.9 Å². The molecular formula is C21H25FN4O. The normalized spacial score (nSPS) is 17.1. The molecule has 5 nitrogen and oxygen atoms in total. The van der Waals surface area contributed by atoms with Crippen molar-refractivity contribution in [2.75, 3.05) is 24.7 Å². The molecule has 6 heteroatoms. The molecule has 27 heavy (non-hydrogen) atoms. The van der Waals surface area contributed by atoms with Crippen LogP contribution in [0.3, 0.4) is 0 Å². The van der Waals surface area contributed by atoms with E-state index in [0.29, 0.717) is 31.3 Å². The van der Waals surface area contributed by atoms with E-state index in [-0.39, 0.29) is 5.82 Å². The van der Waals surface area contributed by atoms with E-state index in [1.807, 2.05) is 35.9 Å². The first kappa shape index (κ1) is 17.9. The predicted molar refractivity (Wildman–Crippen MR) is 105 cm³/mol. The maximum Gasteiger partial charge on any atom is 0.151 e. The highest BCUT2D eigenvalue weighted by atomic mass is 19.1. The van der Waals surface area contributed by atoms with Crippen LogP contribution in [-0.2, 0) is 11.3 Å². The van der Waals surface area contributed by atoms with Gasteiger partial charge in [-0.1, -0.05) is 6.07 Å². The first-order valence-electron chi connectivity index (χ1n) is 9.64. The highest BCUT2D eigenvalue weighted by molar-refractivity contribution is 5.81. The van der Waals surface area contributed by atoms with Crippen molar-refractivity contribution < 1.29 is 9.13 Å². The van der Waals surface area contributed by atoms with E-state index in [4.69, 9.17) is 4.74 Å². The quantitative estimate of drug-likeness (QED) is 0.610. The molecule has 1 saturated heterocycles. The van der Waals surface area contributed by atoms with Gasteiger partial charge in [0.2, 0.25) is 0 Å². The van der Waals surface area contributed by atoms with Gasteiger partial charge in [0.15, 0.2) is 5.82 Å². The summed E-state index contributed by atoms with van der Waals surface area (Å²) >= 11 is 0. The summed E-state index contributed by atoms with van der Waals surface area (Å²) in [6, 6.07) is 9.66. The van der Waals surface area contributed by atoms with Gasteiger partial charge in [-0.15, -0.1) is 0 Å². The minimum atomic E-state index is -0.306. The van der Waals surface area contributed by atoms with Crippen molar-refractivity contribution in [1.29, 1.82) is 0 Å². The number of ether oxygens (including phenoxy) is 1. The van der Waals surface area contributed by atoms with Crippen LogP contribution >= 0.6 is 0 Å². The number of hydrogen-bond donors (Lipinski definition) is 0. The van der Waals surface area contributed by atoms with Crippen molar-refractivity contribution in [1.82, 2.24) is 14.5 Å². The minimum Gasteiger partial charge on any atom is -0.380 e. The van der Waals surface area contributed by atoms with E-state index >= 15 is 0 Å². The fourth-order valence-electron chi connectivity index (χ4n) is 3.82. The van der Waals surface area contributed by atoms with Gasteiger partial charge in [0.05, 0.1) is 12.1 Å². The number of nitrogens with zero attached hydrogens (tertiary/aromatic N) is 4. The number of rotatable bonds is 6. The number of hydrogen-bond acceptors (Lipinski definition) is 4. The molecule has 4 rings (SSSR count). The summed E-state index contributed by atoms with van der Waals surface area (Å²) in [5, 5.41) is 0. The topological polar surface area (TPSA) is 43.2 Å². The molecule has 2 aromatic heterocycles. The van der Waals surface area contributed by atoms with Crippen LogP contribution in [0.5, 0.6) is 0 Å². The zero-order valence-corrected chi connectivity index (χ0v) is 15.9. The van der Waals surface area contributed by atoms with Crippen molar-refractivity contribution >= 4 is 16.9 Å². The molecule has 1 aliphatic heterocycles.